The average Bonchev–Trinajstić information content (AvgIpc) is 1.43. The zero-order valence-electron chi connectivity index (χ0n) is 6.54. The van der Waals surface area contributed by atoms with E-state index in [0.717, 1.165) is 0 Å². The fourth-order valence-electron chi connectivity index (χ4n) is 0.222. The van der Waals surface area contributed by atoms with Crippen molar-refractivity contribution in [1.82, 2.24) is 0 Å². The Morgan fingerprint density at radius 3 is 1.00 bits per heavy atom. The van der Waals surface area contributed by atoms with Crippen molar-refractivity contribution < 1.29 is 113 Å². The molecule has 10 nitrogen and oxygen atoms in total. The topological polar surface area (TPSA) is 161 Å². The van der Waals surface area contributed by atoms with E-state index in [9.17, 15) is 25.3 Å². The van der Waals surface area contributed by atoms with E-state index in [0.29, 0.717) is 0 Å². The zero-order chi connectivity index (χ0) is 10.9. The molecule has 0 aromatic rings. The second-order valence-electron chi connectivity index (χ2n) is 1.40. The minimum atomic E-state index is -5.57. The van der Waals surface area contributed by atoms with Gasteiger partial charge in [0.25, 0.3) is 0 Å². The Bertz CT molecular complexity index is 423. The Morgan fingerprint density at radius 2 is 0.867 bits per heavy atom. The van der Waals surface area contributed by atoms with Crippen molar-refractivity contribution in [3.63, 3.8) is 0 Å². The van der Waals surface area contributed by atoms with E-state index >= 15 is 0 Å². The molecule has 0 spiro atoms. The fraction of sp³-hybridized carbons (Fsp3) is 0. The Morgan fingerprint density at radius 1 is 0.667 bits per heavy atom. The van der Waals surface area contributed by atoms with Crippen LogP contribution in [0.2, 0.25) is 0 Å². The van der Waals surface area contributed by atoms with Gasteiger partial charge < -0.3 is 0 Å². The van der Waals surface area contributed by atoms with Gasteiger partial charge >= 0.3 is 31.2 Å². The van der Waals surface area contributed by atoms with E-state index in [1.54, 1.807) is 0 Å². The van der Waals surface area contributed by atoms with Crippen molar-refractivity contribution in [2.45, 2.75) is 0 Å². The standard InChI is InChI=1S/2La.H2O10S3/c;;1-11(2,3)9-13(7,8)10-12(4,5)6/h;;(H,1,2,3)(H,4,5,6). The van der Waals surface area contributed by atoms with Crippen molar-refractivity contribution in [3.05, 3.63) is 0 Å². The van der Waals surface area contributed by atoms with Gasteiger partial charge in [0.2, 0.25) is 0 Å². The van der Waals surface area contributed by atoms with E-state index in [-0.39, 0.29) is 71.2 Å². The van der Waals surface area contributed by atoms with Crippen LogP contribution in [0.3, 0.4) is 0 Å². The molecule has 0 heterocycles. The van der Waals surface area contributed by atoms with Crippen LogP contribution in [-0.4, -0.2) is 34.4 Å². The van der Waals surface area contributed by atoms with Crippen molar-refractivity contribution in [3.8, 4) is 0 Å². The van der Waals surface area contributed by atoms with Gasteiger partial charge in [0.05, 0.1) is 0 Å². The first-order valence-corrected chi connectivity index (χ1v) is 6.10. The Labute approximate surface area is 142 Å². The minimum absolute atomic E-state index is 0. The maximum Gasteiger partial charge on any atom is 0.432 e. The minimum Gasteiger partial charge on any atom is -0.263 e. The van der Waals surface area contributed by atoms with Crippen molar-refractivity contribution in [2.24, 2.45) is 0 Å². The monoisotopic (exact) mass is 536 g/mol. The van der Waals surface area contributed by atoms with Crippen LogP contribution in [-0.2, 0) is 38.5 Å². The third-order valence-corrected chi connectivity index (χ3v) is 3.05. The van der Waals surface area contributed by atoms with Crippen molar-refractivity contribution in [1.29, 1.82) is 0 Å². The molecule has 0 bridgehead atoms. The molecule has 15 heavy (non-hydrogen) atoms. The maximum absolute atomic E-state index is 10.1. The van der Waals surface area contributed by atoms with Crippen LogP contribution in [0.4, 0.5) is 0 Å². The summed E-state index contributed by atoms with van der Waals surface area (Å²) >= 11 is 0. The van der Waals surface area contributed by atoms with Gasteiger partial charge in [0.15, 0.2) is 0 Å². The van der Waals surface area contributed by atoms with E-state index in [4.69, 9.17) is 9.11 Å². The zero-order valence-corrected chi connectivity index (χ0v) is 16.2. The van der Waals surface area contributed by atoms with E-state index < -0.39 is 31.2 Å². The number of hydrogen-bond donors (Lipinski definition) is 2. The third kappa shape index (κ3) is 16.1. The van der Waals surface area contributed by atoms with Crippen LogP contribution >= 0.6 is 0 Å². The van der Waals surface area contributed by atoms with Crippen LogP contribution in [0.15, 0.2) is 0 Å². The molecule has 0 aromatic heterocycles. The van der Waals surface area contributed by atoms with Gasteiger partial charge in [0.1, 0.15) is 0 Å². The van der Waals surface area contributed by atoms with Gasteiger partial charge in [0, 0.05) is 71.2 Å². The van der Waals surface area contributed by atoms with Gasteiger partial charge in [-0.3, -0.25) is 9.11 Å². The van der Waals surface area contributed by atoms with Gasteiger partial charge in [-0.05, 0) is 0 Å². The summed E-state index contributed by atoms with van der Waals surface area (Å²) < 4.78 is 80.2. The summed E-state index contributed by atoms with van der Waals surface area (Å²) in [6.45, 7) is 0. The summed E-state index contributed by atoms with van der Waals surface area (Å²) in [4.78, 5) is 0. The molecule has 2 radical (unpaired) electrons. The molecule has 0 atom stereocenters. The second-order valence-corrected chi connectivity index (χ2v) is 5.02. The van der Waals surface area contributed by atoms with Crippen LogP contribution in [0.1, 0.15) is 0 Å². The van der Waals surface area contributed by atoms with E-state index in [1.807, 2.05) is 0 Å². The first-order valence-electron chi connectivity index (χ1n) is 2.03. The third-order valence-electron chi connectivity index (χ3n) is 0.339. The van der Waals surface area contributed by atoms with Crippen LogP contribution in [0.5, 0.6) is 0 Å². The quantitative estimate of drug-likeness (QED) is 0.380. The normalized spacial score (nSPS) is 12.4. The Hall–Kier alpha value is 2.08. The van der Waals surface area contributed by atoms with Gasteiger partial charge in [-0.2, -0.15) is 25.3 Å². The number of rotatable bonds is 4. The molecule has 0 amide bonds. The molecular weight excluding hydrogens is 534 g/mol. The summed E-state index contributed by atoms with van der Waals surface area (Å²) in [7, 11) is -16.5. The Kier molecular flexibility index (Phi) is 11.1. The molecule has 0 saturated carbocycles. The molecule has 86 valence electrons. The molecule has 2 N–H and O–H groups in total. The summed E-state index contributed by atoms with van der Waals surface area (Å²) in [5.41, 5.74) is 0. The molecule has 0 aromatic carbocycles. The van der Waals surface area contributed by atoms with Crippen LogP contribution < -0.4 is 0 Å². The fourth-order valence-corrected chi connectivity index (χ4v) is 2.20. The first-order chi connectivity index (χ1) is 5.41. The van der Waals surface area contributed by atoms with Crippen LogP contribution in [0.25, 0.3) is 0 Å². The number of hydrogen-bond acceptors (Lipinski definition) is 8. The molecule has 15 heteroatoms. The molecule has 0 aliphatic heterocycles. The Balaban J connectivity index is -0.000000720. The average molecular weight is 536 g/mol. The summed E-state index contributed by atoms with van der Waals surface area (Å²) in [5, 5.41) is 0. The van der Waals surface area contributed by atoms with Gasteiger partial charge in [-0.1, -0.05) is 7.26 Å². The molecule has 0 rings (SSSR count). The predicted octanol–water partition coefficient (Wildman–Crippen LogP) is -2.13. The molecular formula is H2La2O10S3. The first kappa shape index (κ1) is 22.3. The SMILES string of the molecule is O=S(=O)(O)OS(=O)(=O)OS(=O)(=O)O.[La].[La]. The van der Waals surface area contributed by atoms with Crippen molar-refractivity contribution >= 4 is 31.2 Å². The van der Waals surface area contributed by atoms with Crippen LogP contribution in [0, 0.1) is 71.2 Å². The summed E-state index contributed by atoms with van der Waals surface area (Å²) in [5.74, 6) is 0. The molecule has 0 aliphatic carbocycles. The molecule has 0 unspecified atom stereocenters. The molecule has 0 fully saturated rings. The van der Waals surface area contributed by atoms with Gasteiger partial charge in [-0.25, -0.2) is 0 Å². The summed E-state index contributed by atoms with van der Waals surface area (Å²) in [6, 6.07) is 0. The maximum atomic E-state index is 10.1. The van der Waals surface area contributed by atoms with Crippen molar-refractivity contribution in [2.75, 3.05) is 0 Å². The van der Waals surface area contributed by atoms with E-state index in [2.05, 4.69) is 7.26 Å². The molecule has 0 saturated heterocycles. The predicted molar refractivity (Wildman–Crippen MR) is 34.2 cm³/mol. The second kappa shape index (κ2) is 7.50. The smallest absolute Gasteiger partial charge is 0.263 e. The van der Waals surface area contributed by atoms with E-state index in [1.165, 1.54) is 0 Å². The summed E-state index contributed by atoms with van der Waals surface area (Å²) in [6.07, 6.45) is 0. The molecule has 0 aliphatic rings. The largest absolute Gasteiger partial charge is 0.432 e. The van der Waals surface area contributed by atoms with Gasteiger partial charge in [-0.15, -0.1) is 0 Å².